The minimum atomic E-state index is -0.580. The van der Waals surface area contributed by atoms with Crippen LogP contribution in [0.5, 0.6) is 0 Å². The predicted octanol–water partition coefficient (Wildman–Crippen LogP) is 4.12. The first-order valence-electron chi connectivity index (χ1n) is 10.7. The van der Waals surface area contributed by atoms with Crippen LogP contribution >= 0.6 is 0 Å². The van der Waals surface area contributed by atoms with E-state index in [2.05, 4.69) is 48.5 Å². The summed E-state index contributed by atoms with van der Waals surface area (Å²) in [7, 11) is 0. The molecule has 1 saturated carbocycles. The highest BCUT2D eigenvalue weighted by atomic mass is 16.5. The third kappa shape index (κ3) is 2.37. The summed E-state index contributed by atoms with van der Waals surface area (Å²) in [6, 6.07) is 6.82. The summed E-state index contributed by atoms with van der Waals surface area (Å²) in [5, 5.41) is 1.28. The third-order valence-electron chi connectivity index (χ3n) is 7.46. The smallest absolute Gasteiger partial charge is 0.320 e. The molecule has 1 aliphatic carbocycles. The van der Waals surface area contributed by atoms with Crippen molar-refractivity contribution in [2.75, 3.05) is 19.7 Å². The first kappa shape index (κ1) is 18.0. The molecule has 1 N–H and O–H groups in total. The van der Waals surface area contributed by atoms with Crippen molar-refractivity contribution >= 4 is 16.9 Å². The maximum Gasteiger partial charge on any atom is 0.320 e. The normalized spacial score (nSPS) is 33.4. The number of carbonyl (C=O) groups is 1. The molecule has 0 spiro atoms. The molecule has 2 saturated heterocycles. The zero-order valence-corrected chi connectivity index (χ0v) is 17.0. The Morgan fingerprint density at radius 1 is 1.46 bits per heavy atom. The number of aromatic amines is 1. The van der Waals surface area contributed by atoms with Crippen LogP contribution in [0.25, 0.3) is 10.9 Å². The molecule has 4 nitrogen and oxygen atoms in total. The number of ether oxygens (including phenoxy) is 1. The number of esters is 1. The average Bonchev–Trinajstić information content (AvgIpc) is 3.03. The quantitative estimate of drug-likeness (QED) is 0.643. The lowest BCUT2D eigenvalue weighted by molar-refractivity contribution is -0.164. The molecule has 0 radical (unpaired) electrons. The molecule has 3 unspecified atom stereocenters. The number of hydrogen-bond donors (Lipinski definition) is 1. The maximum atomic E-state index is 13.7. The fourth-order valence-electron chi connectivity index (χ4n) is 6.51. The molecule has 3 fully saturated rings. The van der Waals surface area contributed by atoms with Gasteiger partial charge in [-0.3, -0.25) is 9.69 Å². The summed E-state index contributed by atoms with van der Waals surface area (Å²) in [6.07, 6.45) is 5.93. The highest BCUT2D eigenvalue weighted by Gasteiger charge is 2.62. The van der Waals surface area contributed by atoms with Gasteiger partial charge < -0.3 is 9.72 Å². The number of H-pyrrole nitrogens is 1. The number of aryl methyl sites for hydroxylation is 1. The zero-order chi connectivity index (χ0) is 19.5. The molecule has 5 atom stereocenters. The van der Waals surface area contributed by atoms with Gasteiger partial charge in [0.25, 0.3) is 0 Å². The number of fused-ring (bicyclic) bond motifs is 4. The first-order chi connectivity index (χ1) is 13.6. The highest BCUT2D eigenvalue weighted by Crippen LogP contribution is 2.55. The number of piperidine rings is 2. The molecule has 0 amide bonds. The number of hydrogen-bond acceptors (Lipinski definition) is 3. The third-order valence-corrected chi connectivity index (χ3v) is 7.46. The second kappa shape index (κ2) is 6.48. The fourth-order valence-corrected chi connectivity index (χ4v) is 6.51. The number of nitrogens with one attached hydrogen (secondary N) is 1. The van der Waals surface area contributed by atoms with Gasteiger partial charge in [0.1, 0.15) is 12.0 Å². The Kier molecular flexibility index (Phi) is 4.16. The number of rotatable bonds is 4. The predicted molar refractivity (Wildman–Crippen MR) is 111 cm³/mol. The molecule has 1 aromatic heterocycles. The van der Waals surface area contributed by atoms with E-state index in [4.69, 9.17) is 4.74 Å². The van der Waals surface area contributed by atoms with Gasteiger partial charge in [-0.25, -0.2) is 0 Å². The monoisotopic (exact) mass is 378 g/mol. The van der Waals surface area contributed by atoms with Crippen molar-refractivity contribution in [1.29, 1.82) is 0 Å². The lowest BCUT2D eigenvalue weighted by atomic mass is 9.56. The van der Waals surface area contributed by atoms with Crippen LogP contribution < -0.4 is 0 Å². The Hall–Kier alpha value is -2.07. The Labute approximate surface area is 166 Å². The number of benzene rings is 1. The van der Waals surface area contributed by atoms with Crippen molar-refractivity contribution < 1.29 is 9.53 Å². The van der Waals surface area contributed by atoms with Crippen LogP contribution in [0.4, 0.5) is 0 Å². The van der Waals surface area contributed by atoms with Crippen LogP contribution in [-0.2, 0) is 21.4 Å². The molecule has 4 aliphatic rings. The highest BCUT2D eigenvalue weighted by molar-refractivity contribution is 5.92. The minimum Gasteiger partial charge on any atom is -0.461 e. The van der Waals surface area contributed by atoms with Crippen LogP contribution in [0.3, 0.4) is 0 Å². The summed E-state index contributed by atoms with van der Waals surface area (Å²) in [5.74, 6) is 1.05. The van der Waals surface area contributed by atoms with Crippen LogP contribution in [0.2, 0.25) is 0 Å². The van der Waals surface area contributed by atoms with Gasteiger partial charge in [0.05, 0.1) is 0 Å². The molecule has 4 heterocycles. The van der Waals surface area contributed by atoms with E-state index >= 15 is 0 Å². The van der Waals surface area contributed by atoms with Gasteiger partial charge in [0.2, 0.25) is 0 Å². The minimum absolute atomic E-state index is 0.0586. The second-order valence-corrected chi connectivity index (χ2v) is 9.05. The summed E-state index contributed by atoms with van der Waals surface area (Å²) in [6.45, 7) is 10.6. The van der Waals surface area contributed by atoms with E-state index in [1.54, 1.807) is 6.08 Å². The van der Waals surface area contributed by atoms with Gasteiger partial charge >= 0.3 is 5.97 Å². The summed E-state index contributed by atoms with van der Waals surface area (Å²) in [4.78, 5) is 20.0. The van der Waals surface area contributed by atoms with Crippen molar-refractivity contribution in [2.24, 2.45) is 11.8 Å². The maximum absolute atomic E-state index is 13.7. The van der Waals surface area contributed by atoms with Gasteiger partial charge in [-0.2, -0.15) is 0 Å². The summed E-state index contributed by atoms with van der Waals surface area (Å²) in [5.41, 5.74) is 4.30. The largest absolute Gasteiger partial charge is 0.461 e. The Bertz CT molecular complexity index is 945. The lowest BCUT2D eigenvalue weighted by Crippen LogP contribution is -2.67. The molecule has 148 valence electrons. The van der Waals surface area contributed by atoms with E-state index in [1.165, 1.54) is 22.9 Å². The Morgan fingerprint density at radius 3 is 3.11 bits per heavy atom. The Balaban J connectivity index is 1.76. The van der Waals surface area contributed by atoms with Gasteiger partial charge in [0.15, 0.2) is 0 Å². The molecule has 3 aliphatic heterocycles. The molecule has 4 bridgehead atoms. The van der Waals surface area contributed by atoms with Gasteiger partial charge in [-0.15, -0.1) is 0 Å². The number of carbonyl (C=O) groups excluding carboxylic acids is 1. The van der Waals surface area contributed by atoms with Gasteiger partial charge in [0, 0.05) is 35.7 Å². The molecule has 6 rings (SSSR count). The topological polar surface area (TPSA) is 45.3 Å². The second-order valence-electron chi connectivity index (χ2n) is 9.05. The van der Waals surface area contributed by atoms with Gasteiger partial charge in [-0.05, 0) is 55.7 Å². The molecule has 1 aromatic carbocycles. The van der Waals surface area contributed by atoms with Crippen LogP contribution in [0.15, 0.2) is 30.9 Å². The molecule has 28 heavy (non-hydrogen) atoms. The number of aromatic nitrogens is 1. The van der Waals surface area contributed by atoms with Crippen molar-refractivity contribution in [1.82, 2.24) is 9.88 Å². The van der Waals surface area contributed by atoms with E-state index in [0.29, 0.717) is 11.8 Å². The van der Waals surface area contributed by atoms with E-state index in [0.717, 1.165) is 43.6 Å². The Morgan fingerprint density at radius 2 is 2.32 bits per heavy atom. The fraction of sp³-hybridized carbons (Fsp3) is 0.542. The van der Waals surface area contributed by atoms with Crippen LogP contribution in [0.1, 0.15) is 43.0 Å². The average molecular weight is 379 g/mol. The lowest BCUT2D eigenvalue weighted by Gasteiger charge is -2.57. The van der Waals surface area contributed by atoms with Crippen molar-refractivity contribution in [3.8, 4) is 0 Å². The summed E-state index contributed by atoms with van der Waals surface area (Å²) >= 11 is 0. The zero-order valence-electron chi connectivity index (χ0n) is 17.0. The molecular formula is C24H30N2O2. The molecular weight excluding hydrogens is 348 g/mol. The number of nitrogens with zero attached hydrogens (tertiary/aromatic N) is 1. The van der Waals surface area contributed by atoms with Crippen LogP contribution in [-0.4, -0.2) is 41.6 Å². The SMILES string of the molecule is C=CCOC(=O)[C@]12CC3C[C@H](CC)C1N(CCc1c2[nH]c2ccc(C)cc12)C3. The van der Waals surface area contributed by atoms with E-state index in [1.807, 2.05) is 0 Å². The van der Waals surface area contributed by atoms with Crippen molar-refractivity contribution in [3.05, 3.63) is 47.7 Å². The van der Waals surface area contributed by atoms with E-state index in [-0.39, 0.29) is 18.6 Å². The molecule has 4 heteroatoms. The standard InChI is InChI=1S/C24H30N2O2/c1-4-10-28-23(27)24-13-16-12-17(5-2)22(24)26(14-16)9-8-18-19-11-15(3)6-7-20(19)25-21(18)24/h4,6-7,11,16-17,22,25H,1,5,8-10,12-14H2,2-3H3/t16?,17-,22?,24-/m0/s1. The van der Waals surface area contributed by atoms with Crippen molar-refractivity contribution in [3.63, 3.8) is 0 Å². The van der Waals surface area contributed by atoms with Gasteiger partial charge in [-0.1, -0.05) is 37.6 Å². The summed E-state index contributed by atoms with van der Waals surface area (Å²) < 4.78 is 5.78. The van der Waals surface area contributed by atoms with E-state index in [9.17, 15) is 4.79 Å². The van der Waals surface area contributed by atoms with Crippen molar-refractivity contribution in [2.45, 2.75) is 51.0 Å². The van der Waals surface area contributed by atoms with Crippen LogP contribution in [0, 0.1) is 18.8 Å². The first-order valence-corrected chi connectivity index (χ1v) is 10.7. The van der Waals surface area contributed by atoms with E-state index < -0.39 is 5.41 Å². The molecule has 2 aromatic rings.